The van der Waals surface area contributed by atoms with Crippen LogP contribution in [-0.2, 0) is 0 Å². The molecule has 2 aromatic carbocycles. The van der Waals surface area contributed by atoms with Gasteiger partial charge in [-0.25, -0.2) is 4.98 Å². The number of nitrogens with zero attached hydrogens (tertiary/aromatic N) is 2. The Balaban J connectivity index is 1.88. The van der Waals surface area contributed by atoms with Crippen molar-refractivity contribution in [3.05, 3.63) is 65.0 Å². The molecule has 1 aromatic heterocycles. The molecule has 0 saturated carbocycles. The van der Waals surface area contributed by atoms with E-state index in [1.165, 1.54) is 6.07 Å². The van der Waals surface area contributed by atoms with E-state index in [4.69, 9.17) is 15.2 Å². The van der Waals surface area contributed by atoms with Crippen LogP contribution in [0.4, 0.5) is 11.6 Å². The predicted molar refractivity (Wildman–Crippen MR) is 105 cm³/mol. The fourth-order valence-corrected chi connectivity index (χ4v) is 2.44. The van der Waals surface area contributed by atoms with Gasteiger partial charge in [0.05, 0.1) is 25.6 Å². The maximum Gasteiger partial charge on any atom is 0.252 e. The Morgan fingerprint density at radius 1 is 1.11 bits per heavy atom. The van der Waals surface area contributed by atoms with Gasteiger partial charge in [0.15, 0.2) is 0 Å². The van der Waals surface area contributed by atoms with Gasteiger partial charge in [-0.3, -0.25) is 9.78 Å². The van der Waals surface area contributed by atoms with Crippen molar-refractivity contribution in [2.45, 2.75) is 0 Å². The van der Waals surface area contributed by atoms with Crippen molar-refractivity contribution >= 4 is 17.6 Å². The van der Waals surface area contributed by atoms with E-state index >= 15 is 0 Å². The van der Waals surface area contributed by atoms with Gasteiger partial charge in [-0.2, -0.15) is 4.99 Å². The molecule has 4 N–H and O–H groups in total. The number of para-hydroxylation sites is 2. The fourth-order valence-electron chi connectivity index (χ4n) is 2.44. The van der Waals surface area contributed by atoms with Crippen molar-refractivity contribution < 1.29 is 9.47 Å². The molecule has 0 spiro atoms. The number of nitrogens with one attached hydrogen (secondary N) is 2. The zero-order valence-corrected chi connectivity index (χ0v) is 14.9. The van der Waals surface area contributed by atoms with Crippen molar-refractivity contribution in [3.63, 3.8) is 0 Å². The SMILES string of the molecule is COc1ccc(-c2cc(=O)[nH]c(/N=C(\N)Nc3ccccc3OC)n2)cc1. The summed E-state index contributed by atoms with van der Waals surface area (Å²) in [6.07, 6.45) is 0. The van der Waals surface area contributed by atoms with Crippen LogP contribution in [0.25, 0.3) is 11.3 Å². The summed E-state index contributed by atoms with van der Waals surface area (Å²) in [6, 6.07) is 15.9. The van der Waals surface area contributed by atoms with Gasteiger partial charge in [0, 0.05) is 11.6 Å². The first-order chi connectivity index (χ1) is 13.1. The van der Waals surface area contributed by atoms with Gasteiger partial charge in [0.1, 0.15) is 11.5 Å². The molecule has 0 aliphatic heterocycles. The van der Waals surface area contributed by atoms with Crippen LogP contribution in [-0.4, -0.2) is 30.1 Å². The number of H-pyrrole nitrogens is 1. The van der Waals surface area contributed by atoms with Gasteiger partial charge < -0.3 is 20.5 Å². The third-order valence-corrected chi connectivity index (χ3v) is 3.71. The molecule has 3 rings (SSSR count). The molecule has 0 bridgehead atoms. The highest BCUT2D eigenvalue weighted by molar-refractivity contribution is 5.94. The average Bonchev–Trinajstić information content (AvgIpc) is 2.68. The molecule has 8 nitrogen and oxygen atoms in total. The van der Waals surface area contributed by atoms with Crippen LogP contribution < -0.4 is 26.1 Å². The maximum atomic E-state index is 12.0. The number of benzene rings is 2. The lowest BCUT2D eigenvalue weighted by Gasteiger charge is -2.10. The molecule has 138 valence electrons. The minimum absolute atomic E-state index is 0.0644. The molecular weight excluding hydrogens is 346 g/mol. The predicted octanol–water partition coefficient (Wildman–Crippen LogP) is 2.51. The number of aromatic nitrogens is 2. The quantitative estimate of drug-likeness (QED) is 0.473. The molecule has 0 aliphatic carbocycles. The average molecular weight is 365 g/mol. The van der Waals surface area contributed by atoms with Gasteiger partial charge >= 0.3 is 0 Å². The van der Waals surface area contributed by atoms with Crippen LogP contribution in [0.15, 0.2) is 64.4 Å². The first-order valence-electron chi connectivity index (χ1n) is 8.09. The van der Waals surface area contributed by atoms with E-state index in [1.807, 2.05) is 24.3 Å². The van der Waals surface area contributed by atoms with Crippen LogP contribution in [0, 0.1) is 0 Å². The minimum Gasteiger partial charge on any atom is -0.497 e. The Bertz CT molecular complexity index is 1010. The molecule has 0 radical (unpaired) electrons. The summed E-state index contributed by atoms with van der Waals surface area (Å²) in [7, 11) is 3.15. The van der Waals surface area contributed by atoms with Crippen molar-refractivity contribution in [2.75, 3.05) is 19.5 Å². The van der Waals surface area contributed by atoms with E-state index in [0.717, 1.165) is 5.56 Å². The van der Waals surface area contributed by atoms with Gasteiger partial charge in [0.25, 0.3) is 5.56 Å². The third kappa shape index (κ3) is 4.43. The number of anilines is 1. The largest absolute Gasteiger partial charge is 0.497 e. The smallest absolute Gasteiger partial charge is 0.252 e. The highest BCUT2D eigenvalue weighted by atomic mass is 16.5. The standard InChI is InChI=1S/C19H19N5O3/c1-26-13-9-7-12(8-10-13)15-11-17(25)23-19(22-15)24-18(20)21-14-5-3-4-6-16(14)27-2/h3-11H,1-2H3,(H4,20,21,22,23,24,25). The van der Waals surface area contributed by atoms with Crippen LogP contribution in [0.1, 0.15) is 0 Å². The molecule has 1 heterocycles. The zero-order valence-electron chi connectivity index (χ0n) is 14.9. The number of guanidine groups is 1. The number of methoxy groups -OCH3 is 2. The van der Waals surface area contributed by atoms with Crippen molar-refractivity contribution in [3.8, 4) is 22.8 Å². The summed E-state index contributed by atoms with van der Waals surface area (Å²) >= 11 is 0. The van der Waals surface area contributed by atoms with Crippen molar-refractivity contribution in [1.29, 1.82) is 0 Å². The molecule has 0 amide bonds. The number of nitrogens with two attached hydrogens (primary N) is 1. The number of ether oxygens (including phenoxy) is 2. The molecule has 0 atom stereocenters. The Morgan fingerprint density at radius 3 is 2.56 bits per heavy atom. The topological polar surface area (TPSA) is 115 Å². The lowest BCUT2D eigenvalue weighted by atomic mass is 10.1. The Hall–Kier alpha value is -3.81. The Morgan fingerprint density at radius 2 is 1.85 bits per heavy atom. The van der Waals surface area contributed by atoms with E-state index in [1.54, 1.807) is 38.5 Å². The molecule has 3 aromatic rings. The number of aliphatic imine (C=N–C) groups is 1. The van der Waals surface area contributed by atoms with Crippen LogP contribution >= 0.6 is 0 Å². The van der Waals surface area contributed by atoms with Crippen LogP contribution in [0.3, 0.4) is 0 Å². The second kappa shape index (κ2) is 8.05. The second-order valence-corrected chi connectivity index (χ2v) is 5.51. The van der Waals surface area contributed by atoms with Gasteiger partial charge in [-0.15, -0.1) is 0 Å². The van der Waals surface area contributed by atoms with E-state index in [9.17, 15) is 4.79 Å². The lowest BCUT2D eigenvalue weighted by molar-refractivity contribution is 0.415. The molecule has 0 unspecified atom stereocenters. The highest BCUT2D eigenvalue weighted by Gasteiger charge is 2.06. The summed E-state index contributed by atoms with van der Waals surface area (Å²) in [6.45, 7) is 0. The van der Waals surface area contributed by atoms with E-state index in [-0.39, 0.29) is 17.5 Å². The highest BCUT2D eigenvalue weighted by Crippen LogP contribution is 2.23. The molecule has 0 saturated heterocycles. The normalized spacial score (nSPS) is 11.1. The monoisotopic (exact) mass is 365 g/mol. The number of aromatic amines is 1. The fraction of sp³-hybridized carbons (Fsp3) is 0.105. The Labute approximate surface area is 155 Å². The molecule has 8 heteroatoms. The van der Waals surface area contributed by atoms with Crippen molar-refractivity contribution in [2.24, 2.45) is 10.7 Å². The molecule has 0 fully saturated rings. The summed E-state index contributed by atoms with van der Waals surface area (Å²) in [5, 5.41) is 2.93. The van der Waals surface area contributed by atoms with E-state index in [2.05, 4.69) is 20.3 Å². The number of rotatable bonds is 5. The van der Waals surface area contributed by atoms with Gasteiger partial charge in [-0.1, -0.05) is 12.1 Å². The molecular formula is C19H19N5O3. The number of hydrogen-bond acceptors (Lipinski definition) is 5. The lowest BCUT2D eigenvalue weighted by Crippen LogP contribution is -2.23. The second-order valence-electron chi connectivity index (χ2n) is 5.51. The minimum atomic E-state index is -0.334. The van der Waals surface area contributed by atoms with Crippen LogP contribution in [0.5, 0.6) is 11.5 Å². The van der Waals surface area contributed by atoms with E-state index < -0.39 is 0 Å². The molecule has 0 aliphatic rings. The summed E-state index contributed by atoms with van der Waals surface area (Å²) in [5.74, 6) is 1.49. The number of hydrogen-bond donors (Lipinski definition) is 3. The first-order valence-corrected chi connectivity index (χ1v) is 8.09. The summed E-state index contributed by atoms with van der Waals surface area (Å²) < 4.78 is 10.4. The maximum absolute atomic E-state index is 12.0. The summed E-state index contributed by atoms with van der Waals surface area (Å²) in [5.41, 5.74) is 7.49. The summed E-state index contributed by atoms with van der Waals surface area (Å²) in [4.78, 5) is 23.0. The van der Waals surface area contributed by atoms with Crippen molar-refractivity contribution in [1.82, 2.24) is 9.97 Å². The first kappa shape index (κ1) is 18.0. The van der Waals surface area contributed by atoms with Gasteiger partial charge in [0.2, 0.25) is 11.9 Å². The van der Waals surface area contributed by atoms with Crippen LogP contribution in [0.2, 0.25) is 0 Å². The zero-order chi connectivity index (χ0) is 19.2. The third-order valence-electron chi connectivity index (χ3n) is 3.71. The Kier molecular flexibility index (Phi) is 5.36. The molecule has 27 heavy (non-hydrogen) atoms. The van der Waals surface area contributed by atoms with E-state index in [0.29, 0.717) is 22.9 Å². The van der Waals surface area contributed by atoms with Gasteiger partial charge in [-0.05, 0) is 36.4 Å².